The van der Waals surface area contributed by atoms with Gasteiger partial charge in [-0.25, -0.2) is 0 Å². The Kier molecular flexibility index (Phi) is 8.51. The maximum absolute atomic E-state index is 11.5. The van der Waals surface area contributed by atoms with E-state index in [9.17, 15) is 14.4 Å². The fraction of sp³-hybridized carbons (Fsp3) is 0.800. The highest BCUT2D eigenvalue weighted by Crippen LogP contribution is 2.09. The molecule has 0 N–H and O–H groups in total. The average Bonchev–Trinajstić information content (AvgIpc) is 2.23. The topological polar surface area (TPSA) is 51.2 Å². The first-order valence-corrected chi connectivity index (χ1v) is 6.86. The van der Waals surface area contributed by atoms with E-state index >= 15 is 0 Å². The van der Waals surface area contributed by atoms with Crippen molar-refractivity contribution < 1.29 is 14.4 Å². The molecule has 0 aromatic rings. The predicted molar refractivity (Wildman–Crippen MR) is 72.4 cm³/mol. The number of ketones is 3. The zero-order valence-corrected chi connectivity index (χ0v) is 12.1. The molecule has 0 rings (SSSR count). The number of carbonyl (C=O) groups is 3. The largest absolute Gasteiger partial charge is 0.299 e. The van der Waals surface area contributed by atoms with Gasteiger partial charge in [0.25, 0.3) is 0 Å². The third kappa shape index (κ3) is 10.2. The minimum Gasteiger partial charge on any atom is -0.299 e. The van der Waals surface area contributed by atoms with Crippen molar-refractivity contribution in [2.24, 2.45) is 11.8 Å². The van der Waals surface area contributed by atoms with Crippen LogP contribution in [-0.4, -0.2) is 17.3 Å². The molecule has 0 aliphatic heterocycles. The number of Topliss-reactive ketones (excluding diaryl/α,β-unsaturated/α-hetero) is 3. The van der Waals surface area contributed by atoms with E-state index in [1.54, 1.807) is 0 Å². The van der Waals surface area contributed by atoms with Crippen LogP contribution in [0, 0.1) is 11.8 Å². The highest BCUT2D eigenvalue weighted by molar-refractivity contribution is 6.07. The Hall–Kier alpha value is -0.990. The van der Waals surface area contributed by atoms with E-state index in [1.807, 2.05) is 27.7 Å². The maximum atomic E-state index is 11.5. The number of carbonyl (C=O) groups excluding carboxylic acids is 3. The number of hydrogen-bond donors (Lipinski definition) is 0. The van der Waals surface area contributed by atoms with Gasteiger partial charge in [0.05, 0.1) is 12.8 Å². The normalized spacial score (nSPS) is 11.0. The Balaban J connectivity index is 3.82. The molecule has 0 radical (unpaired) electrons. The quantitative estimate of drug-likeness (QED) is 0.562. The van der Waals surface area contributed by atoms with E-state index < -0.39 is 0 Å². The Bertz CT molecular complexity index is 262. The molecule has 0 unspecified atom stereocenters. The number of rotatable bonds is 10. The summed E-state index contributed by atoms with van der Waals surface area (Å²) in [5, 5.41) is 0. The molecule has 0 aliphatic carbocycles. The molecule has 0 aromatic heterocycles. The first-order valence-electron chi connectivity index (χ1n) is 6.86. The van der Waals surface area contributed by atoms with Crippen LogP contribution >= 0.6 is 0 Å². The van der Waals surface area contributed by atoms with Crippen LogP contribution in [0.5, 0.6) is 0 Å². The molecule has 3 heteroatoms. The van der Waals surface area contributed by atoms with Gasteiger partial charge < -0.3 is 0 Å². The third-order valence-corrected chi connectivity index (χ3v) is 2.79. The van der Waals surface area contributed by atoms with Gasteiger partial charge >= 0.3 is 0 Å². The molecule has 0 fully saturated rings. The van der Waals surface area contributed by atoms with E-state index in [4.69, 9.17) is 0 Å². The number of hydrogen-bond acceptors (Lipinski definition) is 3. The van der Waals surface area contributed by atoms with Crippen molar-refractivity contribution in [1.82, 2.24) is 0 Å². The monoisotopic (exact) mass is 254 g/mol. The lowest BCUT2D eigenvalue weighted by Gasteiger charge is -2.04. The molecular formula is C15H26O3. The molecule has 104 valence electrons. The van der Waals surface area contributed by atoms with Crippen molar-refractivity contribution in [3.05, 3.63) is 0 Å². The molecule has 0 saturated carbocycles. The summed E-state index contributed by atoms with van der Waals surface area (Å²) in [5.74, 6) is 0.640. The Labute approximate surface area is 110 Å². The summed E-state index contributed by atoms with van der Waals surface area (Å²) < 4.78 is 0. The van der Waals surface area contributed by atoms with E-state index in [-0.39, 0.29) is 30.2 Å². The van der Waals surface area contributed by atoms with Gasteiger partial charge in [-0.1, -0.05) is 27.7 Å². The summed E-state index contributed by atoms with van der Waals surface area (Å²) >= 11 is 0. The summed E-state index contributed by atoms with van der Waals surface area (Å²) in [6, 6.07) is 0. The van der Waals surface area contributed by atoms with Crippen molar-refractivity contribution in [3.63, 3.8) is 0 Å². The second-order valence-corrected chi connectivity index (χ2v) is 5.83. The van der Waals surface area contributed by atoms with Gasteiger partial charge in [0.2, 0.25) is 0 Å². The van der Waals surface area contributed by atoms with Crippen molar-refractivity contribution >= 4 is 17.3 Å². The summed E-state index contributed by atoms with van der Waals surface area (Å²) in [4.78, 5) is 34.5. The Morgan fingerprint density at radius 2 is 1.00 bits per heavy atom. The minimum atomic E-state index is -0.225. The van der Waals surface area contributed by atoms with Crippen LogP contribution in [0.3, 0.4) is 0 Å². The first-order chi connectivity index (χ1) is 8.31. The van der Waals surface area contributed by atoms with E-state index in [2.05, 4.69) is 0 Å². The van der Waals surface area contributed by atoms with Crippen LogP contribution in [0.1, 0.15) is 66.2 Å². The van der Waals surface area contributed by atoms with Gasteiger partial charge in [-0.15, -0.1) is 0 Å². The summed E-state index contributed by atoms with van der Waals surface area (Å²) in [6.45, 7) is 8.18. The summed E-state index contributed by atoms with van der Waals surface area (Å²) in [5.41, 5.74) is 0. The van der Waals surface area contributed by atoms with Crippen molar-refractivity contribution in [1.29, 1.82) is 0 Å². The van der Waals surface area contributed by atoms with Crippen LogP contribution in [0.25, 0.3) is 0 Å². The van der Waals surface area contributed by atoms with Gasteiger partial charge in [0, 0.05) is 12.8 Å². The zero-order valence-electron chi connectivity index (χ0n) is 12.1. The molecule has 0 saturated heterocycles. The maximum Gasteiger partial charge on any atom is 0.147 e. The van der Waals surface area contributed by atoms with Crippen molar-refractivity contribution in [2.45, 2.75) is 66.2 Å². The highest BCUT2D eigenvalue weighted by Gasteiger charge is 2.14. The lowest BCUT2D eigenvalue weighted by molar-refractivity contribution is -0.130. The fourth-order valence-corrected chi connectivity index (χ4v) is 1.58. The van der Waals surface area contributed by atoms with Crippen LogP contribution in [0.15, 0.2) is 0 Å². The second-order valence-electron chi connectivity index (χ2n) is 5.83. The molecule has 3 nitrogen and oxygen atoms in total. The van der Waals surface area contributed by atoms with Crippen molar-refractivity contribution in [3.8, 4) is 0 Å². The summed E-state index contributed by atoms with van der Waals surface area (Å²) in [6.07, 6.45) is 2.38. The predicted octanol–water partition coefficient (Wildman–Crippen LogP) is 3.35. The standard InChI is InChI=1S/C15H26O3/c1-11(2)5-7-13(16)9-15(18)10-14(17)8-6-12(3)4/h11-12H,5-10H2,1-4H3. The average molecular weight is 254 g/mol. The van der Waals surface area contributed by atoms with Crippen LogP contribution in [-0.2, 0) is 14.4 Å². The molecule has 0 aromatic carbocycles. The lowest BCUT2D eigenvalue weighted by Crippen LogP contribution is -2.13. The van der Waals surface area contributed by atoms with Crippen LogP contribution < -0.4 is 0 Å². The van der Waals surface area contributed by atoms with Gasteiger partial charge in [0.1, 0.15) is 17.3 Å². The van der Waals surface area contributed by atoms with Gasteiger partial charge in [0.15, 0.2) is 0 Å². The zero-order chi connectivity index (χ0) is 14.1. The Morgan fingerprint density at radius 1 is 0.667 bits per heavy atom. The van der Waals surface area contributed by atoms with E-state index in [0.717, 1.165) is 12.8 Å². The highest BCUT2D eigenvalue weighted by atomic mass is 16.2. The molecule has 0 atom stereocenters. The molecule has 18 heavy (non-hydrogen) atoms. The summed E-state index contributed by atoms with van der Waals surface area (Å²) in [7, 11) is 0. The van der Waals surface area contributed by atoms with Gasteiger partial charge in [-0.2, -0.15) is 0 Å². The minimum absolute atomic E-state index is 0.0367. The Morgan fingerprint density at radius 3 is 1.28 bits per heavy atom. The van der Waals surface area contributed by atoms with Crippen molar-refractivity contribution in [2.75, 3.05) is 0 Å². The molecule has 0 heterocycles. The fourth-order valence-electron chi connectivity index (χ4n) is 1.58. The molecule has 0 spiro atoms. The molecule has 0 aliphatic rings. The van der Waals surface area contributed by atoms with E-state index in [0.29, 0.717) is 24.7 Å². The first kappa shape index (κ1) is 17.0. The third-order valence-electron chi connectivity index (χ3n) is 2.79. The van der Waals surface area contributed by atoms with Crippen LogP contribution in [0.2, 0.25) is 0 Å². The molecule has 0 bridgehead atoms. The van der Waals surface area contributed by atoms with E-state index in [1.165, 1.54) is 0 Å². The van der Waals surface area contributed by atoms with Gasteiger partial charge in [-0.3, -0.25) is 14.4 Å². The second kappa shape index (κ2) is 9.01. The molecular weight excluding hydrogens is 228 g/mol. The van der Waals surface area contributed by atoms with Crippen LogP contribution in [0.4, 0.5) is 0 Å². The smallest absolute Gasteiger partial charge is 0.147 e. The lowest BCUT2D eigenvalue weighted by atomic mass is 9.99. The van der Waals surface area contributed by atoms with Gasteiger partial charge in [-0.05, 0) is 24.7 Å². The molecule has 0 amide bonds. The SMILES string of the molecule is CC(C)CCC(=O)CC(=O)CC(=O)CCC(C)C.